The molecule has 6 heteroatoms. The molecule has 1 aliphatic rings. The summed E-state index contributed by atoms with van der Waals surface area (Å²) in [5.41, 5.74) is 0.565. The Morgan fingerprint density at radius 3 is 3.06 bits per heavy atom. The Balaban J connectivity index is 2.00. The van der Waals surface area contributed by atoms with E-state index in [1.54, 1.807) is 23.9 Å². The van der Waals surface area contributed by atoms with Crippen LogP contribution in [0.25, 0.3) is 0 Å². The maximum atomic E-state index is 11.9. The summed E-state index contributed by atoms with van der Waals surface area (Å²) in [4.78, 5) is 11.9. The van der Waals surface area contributed by atoms with E-state index in [0.717, 1.165) is 18.1 Å². The Labute approximate surface area is 110 Å². The summed E-state index contributed by atoms with van der Waals surface area (Å²) in [5, 5.41) is 15.5. The van der Waals surface area contributed by atoms with E-state index in [9.17, 15) is 9.90 Å². The molecule has 0 aromatic heterocycles. The van der Waals surface area contributed by atoms with Gasteiger partial charge in [-0.1, -0.05) is 0 Å². The molecular formula is C12H16N2O3S. The van der Waals surface area contributed by atoms with E-state index >= 15 is 0 Å². The second-order valence-electron chi connectivity index (χ2n) is 3.96. The second kappa shape index (κ2) is 5.97. The summed E-state index contributed by atoms with van der Waals surface area (Å²) >= 11 is 1.76. The molecule has 0 saturated carbocycles. The van der Waals surface area contributed by atoms with Crippen LogP contribution in [0.4, 0.5) is 5.69 Å². The van der Waals surface area contributed by atoms with Gasteiger partial charge >= 0.3 is 0 Å². The topological polar surface area (TPSA) is 70.6 Å². The molecule has 1 aliphatic heterocycles. The van der Waals surface area contributed by atoms with E-state index in [-0.39, 0.29) is 17.7 Å². The summed E-state index contributed by atoms with van der Waals surface area (Å²) in [5.74, 6) is 2.13. The predicted octanol–water partition coefficient (Wildman–Crippen LogP) is 1.04. The number of ether oxygens (including phenoxy) is 1. The van der Waals surface area contributed by atoms with Crippen LogP contribution in [0.5, 0.6) is 11.5 Å². The monoisotopic (exact) mass is 268 g/mol. The highest BCUT2D eigenvalue weighted by molar-refractivity contribution is 7.99. The van der Waals surface area contributed by atoms with Crippen LogP contribution < -0.4 is 15.4 Å². The SMILES string of the molecule is COc1ccc(NC(=O)C2CSCCN2)cc1O. The van der Waals surface area contributed by atoms with E-state index in [0.29, 0.717) is 11.4 Å². The fourth-order valence-electron chi connectivity index (χ4n) is 1.73. The summed E-state index contributed by atoms with van der Waals surface area (Å²) in [6, 6.07) is 4.63. The molecule has 1 amide bonds. The van der Waals surface area contributed by atoms with Crippen molar-refractivity contribution in [3.63, 3.8) is 0 Å². The molecule has 18 heavy (non-hydrogen) atoms. The van der Waals surface area contributed by atoms with Crippen LogP contribution >= 0.6 is 11.8 Å². The lowest BCUT2D eigenvalue weighted by Crippen LogP contribution is -2.46. The van der Waals surface area contributed by atoms with Crippen LogP contribution in [0.2, 0.25) is 0 Å². The quantitative estimate of drug-likeness (QED) is 0.764. The third-order valence-electron chi connectivity index (χ3n) is 2.68. The van der Waals surface area contributed by atoms with Crippen molar-refractivity contribution in [3.8, 4) is 11.5 Å². The molecule has 0 aliphatic carbocycles. The number of hydrogen-bond acceptors (Lipinski definition) is 5. The molecule has 3 N–H and O–H groups in total. The fourth-order valence-corrected chi connectivity index (χ4v) is 2.66. The van der Waals surface area contributed by atoms with Crippen LogP contribution in [0.15, 0.2) is 18.2 Å². The zero-order valence-electron chi connectivity index (χ0n) is 10.1. The maximum absolute atomic E-state index is 11.9. The van der Waals surface area contributed by atoms with Gasteiger partial charge in [0.15, 0.2) is 11.5 Å². The third kappa shape index (κ3) is 3.08. The van der Waals surface area contributed by atoms with Crippen molar-refractivity contribution in [3.05, 3.63) is 18.2 Å². The molecule has 1 aromatic carbocycles. The molecule has 2 rings (SSSR count). The number of carbonyl (C=O) groups is 1. The lowest BCUT2D eigenvalue weighted by molar-refractivity contribution is -0.117. The third-order valence-corrected chi connectivity index (χ3v) is 3.75. The normalized spacial score (nSPS) is 19.3. The molecule has 1 saturated heterocycles. The highest BCUT2D eigenvalue weighted by atomic mass is 32.2. The molecule has 0 radical (unpaired) electrons. The first kappa shape index (κ1) is 13.0. The number of phenolic OH excluding ortho intramolecular Hbond substituents is 1. The molecular weight excluding hydrogens is 252 g/mol. The number of hydrogen-bond donors (Lipinski definition) is 3. The number of thioether (sulfide) groups is 1. The Morgan fingerprint density at radius 2 is 2.44 bits per heavy atom. The minimum absolute atomic E-state index is 0.0151. The van der Waals surface area contributed by atoms with Gasteiger partial charge in [-0.2, -0.15) is 11.8 Å². The smallest absolute Gasteiger partial charge is 0.242 e. The Kier molecular flexibility index (Phi) is 4.33. The van der Waals surface area contributed by atoms with Gasteiger partial charge in [0.1, 0.15) is 0 Å². The number of benzene rings is 1. The van der Waals surface area contributed by atoms with E-state index in [1.165, 1.54) is 13.2 Å². The molecule has 1 atom stereocenters. The first-order chi connectivity index (χ1) is 8.70. The minimum Gasteiger partial charge on any atom is -0.504 e. The van der Waals surface area contributed by atoms with Gasteiger partial charge in [0.25, 0.3) is 0 Å². The van der Waals surface area contributed by atoms with Crippen molar-refractivity contribution in [2.45, 2.75) is 6.04 Å². The zero-order valence-corrected chi connectivity index (χ0v) is 10.9. The number of amides is 1. The molecule has 1 aromatic rings. The molecule has 1 heterocycles. The molecule has 1 fully saturated rings. The van der Waals surface area contributed by atoms with Gasteiger partial charge in [-0.05, 0) is 12.1 Å². The number of anilines is 1. The Hall–Kier alpha value is -1.40. The highest BCUT2D eigenvalue weighted by Crippen LogP contribution is 2.28. The van der Waals surface area contributed by atoms with E-state index in [4.69, 9.17) is 4.74 Å². The van der Waals surface area contributed by atoms with Gasteiger partial charge in [-0.3, -0.25) is 4.79 Å². The van der Waals surface area contributed by atoms with Crippen molar-refractivity contribution in [1.29, 1.82) is 0 Å². The molecule has 0 spiro atoms. The first-order valence-corrected chi connectivity index (χ1v) is 6.85. The second-order valence-corrected chi connectivity index (χ2v) is 5.11. The van der Waals surface area contributed by atoms with Crippen LogP contribution in [-0.2, 0) is 4.79 Å². The summed E-state index contributed by atoms with van der Waals surface area (Å²) < 4.78 is 4.94. The summed E-state index contributed by atoms with van der Waals surface area (Å²) in [6.07, 6.45) is 0. The lowest BCUT2D eigenvalue weighted by Gasteiger charge is -2.22. The summed E-state index contributed by atoms with van der Waals surface area (Å²) in [6.45, 7) is 0.844. The number of nitrogens with one attached hydrogen (secondary N) is 2. The van der Waals surface area contributed by atoms with Crippen LogP contribution in [0.1, 0.15) is 0 Å². The number of rotatable bonds is 3. The first-order valence-electron chi connectivity index (χ1n) is 5.69. The van der Waals surface area contributed by atoms with E-state index < -0.39 is 0 Å². The minimum atomic E-state index is -0.173. The van der Waals surface area contributed by atoms with Crippen LogP contribution in [0.3, 0.4) is 0 Å². The Morgan fingerprint density at radius 1 is 1.61 bits per heavy atom. The maximum Gasteiger partial charge on any atom is 0.242 e. The van der Waals surface area contributed by atoms with Crippen LogP contribution in [0, 0.1) is 0 Å². The number of aromatic hydroxyl groups is 1. The van der Waals surface area contributed by atoms with Crippen molar-refractivity contribution < 1.29 is 14.6 Å². The van der Waals surface area contributed by atoms with Crippen molar-refractivity contribution in [2.75, 3.05) is 30.5 Å². The zero-order chi connectivity index (χ0) is 13.0. The number of methoxy groups -OCH3 is 1. The number of carbonyl (C=O) groups excluding carboxylic acids is 1. The van der Waals surface area contributed by atoms with E-state index in [1.807, 2.05) is 0 Å². The number of phenols is 1. The van der Waals surface area contributed by atoms with Crippen molar-refractivity contribution in [2.24, 2.45) is 0 Å². The van der Waals surface area contributed by atoms with Crippen molar-refractivity contribution in [1.82, 2.24) is 5.32 Å². The van der Waals surface area contributed by atoms with E-state index in [2.05, 4.69) is 10.6 Å². The largest absolute Gasteiger partial charge is 0.504 e. The van der Waals surface area contributed by atoms with Gasteiger partial charge < -0.3 is 20.5 Å². The van der Waals surface area contributed by atoms with Gasteiger partial charge in [0.2, 0.25) is 5.91 Å². The van der Waals surface area contributed by atoms with Crippen LogP contribution in [-0.4, -0.2) is 42.2 Å². The predicted molar refractivity (Wildman–Crippen MR) is 72.4 cm³/mol. The summed E-state index contributed by atoms with van der Waals surface area (Å²) in [7, 11) is 1.48. The molecule has 1 unspecified atom stereocenters. The molecule has 98 valence electrons. The molecule has 0 bridgehead atoms. The average Bonchev–Trinajstić information content (AvgIpc) is 2.40. The Bertz CT molecular complexity index is 433. The van der Waals surface area contributed by atoms with Crippen molar-refractivity contribution >= 4 is 23.4 Å². The molecule has 5 nitrogen and oxygen atoms in total. The van der Waals surface area contributed by atoms with Gasteiger partial charge in [-0.25, -0.2) is 0 Å². The van der Waals surface area contributed by atoms with Gasteiger partial charge in [0.05, 0.1) is 13.2 Å². The highest BCUT2D eigenvalue weighted by Gasteiger charge is 2.21. The fraction of sp³-hybridized carbons (Fsp3) is 0.417. The van der Waals surface area contributed by atoms with Gasteiger partial charge in [-0.15, -0.1) is 0 Å². The van der Waals surface area contributed by atoms with Gasteiger partial charge in [0, 0.05) is 29.8 Å². The standard InChI is InChI=1S/C12H16N2O3S/c1-17-11-3-2-8(6-10(11)15)14-12(16)9-7-18-5-4-13-9/h2-3,6,9,13,15H,4-5,7H2,1H3,(H,14,16). The lowest BCUT2D eigenvalue weighted by atomic mass is 10.2. The average molecular weight is 268 g/mol.